The maximum absolute atomic E-state index is 12.7. The molecule has 0 aromatic carbocycles. The van der Waals surface area contributed by atoms with Crippen molar-refractivity contribution in [1.82, 2.24) is 0 Å². The Balaban J connectivity index is 2.39. The molecular formula is C38H72O10. The van der Waals surface area contributed by atoms with Crippen LogP contribution in [0.3, 0.4) is 0 Å². The summed E-state index contributed by atoms with van der Waals surface area (Å²) in [6.45, 7) is 3.40. The minimum Gasteiger partial charge on any atom is -0.462 e. The van der Waals surface area contributed by atoms with E-state index in [0.29, 0.717) is 6.42 Å². The fourth-order valence-corrected chi connectivity index (χ4v) is 6.07. The first-order chi connectivity index (χ1) is 23.3. The summed E-state index contributed by atoms with van der Waals surface area (Å²) in [5.41, 5.74) is 0. The summed E-state index contributed by atoms with van der Waals surface area (Å²) in [4.78, 5) is 25.1. The van der Waals surface area contributed by atoms with Crippen LogP contribution in [0.25, 0.3) is 0 Å². The molecule has 0 aromatic heterocycles. The van der Waals surface area contributed by atoms with E-state index >= 15 is 0 Å². The number of ether oxygens (including phenoxy) is 4. The van der Waals surface area contributed by atoms with E-state index in [4.69, 9.17) is 18.9 Å². The van der Waals surface area contributed by atoms with Gasteiger partial charge in [0.15, 0.2) is 12.4 Å². The van der Waals surface area contributed by atoms with Gasteiger partial charge in [-0.1, -0.05) is 149 Å². The molecule has 1 saturated heterocycles. The molecule has 1 rings (SSSR count). The van der Waals surface area contributed by atoms with Crippen molar-refractivity contribution in [3.8, 4) is 0 Å². The smallest absolute Gasteiger partial charge is 0.306 e. The first kappa shape index (κ1) is 44.7. The lowest BCUT2D eigenvalue weighted by atomic mass is 9.99. The Labute approximate surface area is 291 Å². The van der Waals surface area contributed by atoms with Crippen LogP contribution < -0.4 is 0 Å². The lowest BCUT2D eigenvalue weighted by Crippen LogP contribution is -2.59. The molecule has 48 heavy (non-hydrogen) atoms. The van der Waals surface area contributed by atoms with Gasteiger partial charge in [-0.25, -0.2) is 0 Å². The maximum atomic E-state index is 12.7. The number of hydrogen-bond acceptors (Lipinski definition) is 10. The summed E-state index contributed by atoms with van der Waals surface area (Å²) >= 11 is 0. The van der Waals surface area contributed by atoms with Crippen LogP contribution in [-0.2, 0) is 28.5 Å². The Morgan fingerprint density at radius 2 is 0.979 bits per heavy atom. The van der Waals surface area contributed by atoms with Gasteiger partial charge >= 0.3 is 11.9 Å². The largest absolute Gasteiger partial charge is 0.462 e. The molecule has 0 spiro atoms. The molecule has 0 unspecified atom stereocenters. The van der Waals surface area contributed by atoms with Gasteiger partial charge in [0.2, 0.25) is 0 Å². The zero-order valence-electron chi connectivity index (χ0n) is 30.5. The Morgan fingerprint density at radius 1 is 0.562 bits per heavy atom. The van der Waals surface area contributed by atoms with E-state index in [-0.39, 0.29) is 32.0 Å². The van der Waals surface area contributed by atoms with Gasteiger partial charge in [-0.15, -0.1) is 0 Å². The molecule has 0 amide bonds. The second kappa shape index (κ2) is 30.5. The van der Waals surface area contributed by atoms with E-state index in [1.54, 1.807) is 0 Å². The number of unbranched alkanes of at least 4 members (excludes halogenated alkanes) is 21. The number of aliphatic hydroxyl groups excluding tert-OH is 4. The summed E-state index contributed by atoms with van der Waals surface area (Å²) in [7, 11) is 0. The third kappa shape index (κ3) is 22.4. The van der Waals surface area contributed by atoms with Gasteiger partial charge in [-0.05, 0) is 12.8 Å². The average Bonchev–Trinajstić information content (AvgIpc) is 3.08. The maximum Gasteiger partial charge on any atom is 0.306 e. The van der Waals surface area contributed by atoms with E-state index in [2.05, 4.69) is 13.8 Å². The molecule has 6 atom stereocenters. The lowest BCUT2D eigenvalue weighted by molar-refractivity contribution is -0.305. The van der Waals surface area contributed by atoms with Gasteiger partial charge in [0.25, 0.3) is 0 Å². The van der Waals surface area contributed by atoms with Crippen molar-refractivity contribution in [2.24, 2.45) is 0 Å². The molecule has 0 bridgehead atoms. The molecule has 10 nitrogen and oxygen atoms in total. The third-order valence-corrected chi connectivity index (χ3v) is 9.24. The summed E-state index contributed by atoms with van der Waals surface area (Å²) < 4.78 is 22.0. The Kier molecular flexibility index (Phi) is 28.4. The van der Waals surface area contributed by atoms with Gasteiger partial charge in [0.05, 0.1) is 13.2 Å². The fraction of sp³-hybridized carbons (Fsp3) is 0.947. The molecule has 0 saturated carbocycles. The average molecular weight is 689 g/mol. The van der Waals surface area contributed by atoms with Crippen LogP contribution in [0.1, 0.15) is 174 Å². The van der Waals surface area contributed by atoms with Crippen LogP contribution in [0.5, 0.6) is 0 Å². The SMILES string of the molecule is CCCCCCCCCCCCCCC(=O)OC[C@H](CO[C@@H]1O[C@@H](CO)[C@H](O)[C@H](O)[C@@H]1O)OC(=O)CCCCCCCCCCCCC. The summed E-state index contributed by atoms with van der Waals surface area (Å²) in [5, 5.41) is 39.9. The predicted octanol–water partition coefficient (Wildman–Crippen LogP) is 7.05. The highest BCUT2D eigenvalue weighted by Crippen LogP contribution is 2.22. The van der Waals surface area contributed by atoms with Gasteiger partial charge in [-0.3, -0.25) is 9.59 Å². The molecular weight excluding hydrogens is 616 g/mol. The van der Waals surface area contributed by atoms with Gasteiger partial charge < -0.3 is 39.4 Å². The quantitative estimate of drug-likeness (QED) is 0.0427. The molecule has 1 aliphatic heterocycles. The topological polar surface area (TPSA) is 152 Å². The molecule has 0 aromatic rings. The third-order valence-electron chi connectivity index (χ3n) is 9.24. The summed E-state index contributed by atoms with van der Waals surface area (Å²) in [6, 6.07) is 0. The van der Waals surface area contributed by atoms with Crippen molar-refractivity contribution in [2.75, 3.05) is 19.8 Å². The zero-order chi connectivity index (χ0) is 35.2. The van der Waals surface area contributed by atoms with Crippen LogP contribution in [0.2, 0.25) is 0 Å². The molecule has 284 valence electrons. The van der Waals surface area contributed by atoms with E-state index < -0.39 is 49.4 Å². The standard InChI is InChI=1S/C38H72O10/c1-3-5-7-9-11-13-15-17-18-20-22-24-26-33(40)45-29-31(30-46-38-37(44)36(43)35(42)32(28-39)48-38)47-34(41)27-25-23-21-19-16-14-12-10-8-6-4-2/h31-32,35-39,42-44H,3-30H2,1-2H3/t31-,32+,35+,36+,37+,38-/m1/s1. The van der Waals surface area contributed by atoms with E-state index in [9.17, 15) is 30.0 Å². The number of hydrogen-bond donors (Lipinski definition) is 4. The van der Waals surface area contributed by atoms with Gasteiger partial charge in [0.1, 0.15) is 31.0 Å². The molecule has 0 radical (unpaired) electrons. The number of carbonyl (C=O) groups excluding carboxylic acids is 2. The van der Waals surface area contributed by atoms with E-state index in [1.807, 2.05) is 0 Å². The minimum atomic E-state index is -1.59. The fourth-order valence-electron chi connectivity index (χ4n) is 6.07. The molecule has 0 aliphatic carbocycles. The van der Waals surface area contributed by atoms with Crippen molar-refractivity contribution in [3.63, 3.8) is 0 Å². The van der Waals surface area contributed by atoms with Gasteiger partial charge in [-0.2, -0.15) is 0 Å². The minimum absolute atomic E-state index is 0.210. The van der Waals surface area contributed by atoms with Crippen LogP contribution in [0.4, 0.5) is 0 Å². The van der Waals surface area contributed by atoms with Crippen LogP contribution in [0.15, 0.2) is 0 Å². The van der Waals surface area contributed by atoms with Crippen LogP contribution in [-0.4, -0.2) is 89.0 Å². The highest BCUT2D eigenvalue weighted by atomic mass is 16.7. The predicted molar refractivity (Wildman–Crippen MR) is 187 cm³/mol. The number of esters is 2. The second-order valence-electron chi connectivity index (χ2n) is 13.8. The van der Waals surface area contributed by atoms with Crippen molar-refractivity contribution >= 4 is 11.9 Å². The second-order valence-corrected chi connectivity index (χ2v) is 13.8. The first-order valence-electron chi connectivity index (χ1n) is 19.6. The highest BCUT2D eigenvalue weighted by Gasteiger charge is 2.44. The number of carbonyl (C=O) groups is 2. The van der Waals surface area contributed by atoms with Crippen molar-refractivity contribution < 1.29 is 49.0 Å². The number of aliphatic hydroxyl groups is 4. The van der Waals surface area contributed by atoms with E-state index in [0.717, 1.165) is 38.5 Å². The molecule has 1 aliphatic rings. The van der Waals surface area contributed by atoms with E-state index in [1.165, 1.54) is 103 Å². The molecule has 4 N–H and O–H groups in total. The van der Waals surface area contributed by atoms with Crippen LogP contribution >= 0.6 is 0 Å². The number of rotatable bonds is 32. The normalized spacial score (nSPS) is 21.7. The Hall–Kier alpha value is -1.30. The van der Waals surface area contributed by atoms with Crippen LogP contribution in [0, 0.1) is 0 Å². The van der Waals surface area contributed by atoms with Crippen molar-refractivity contribution in [1.29, 1.82) is 0 Å². The van der Waals surface area contributed by atoms with Crippen molar-refractivity contribution in [2.45, 2.75) is 211 Å². The molecule has 10 heteroatoms. The zero-order valence-corrected chi connectivity index (χ0v) is 30.5. The van der Waals surface area contributed by atoms with Gasteiger partial charge in [0, 0.05) is 12.8 Å². The molecule has 1 fully saturated rings. The lowest BCUT2D eigenvalue weighted by Gasteiger charge is -2.39. The monoisotopic (exact) mass is 689 g/mol. The Morgan fingerprint density at radius 3 is 1.42 bits per heavy atom. The van der Waals surface area contributed by atoms with Crippen molar-refractivity contribution in [3.05, 3.63) is 0 Å². The Bertz CT molecular complexity index is 764. The summed E-state index contributed by atoms with van der Waals surface area (Å²) in [6.07, 6.45) is 19.7. The first-order valence-corrected chi connectivity index (χ1v) is 19.6. The molecule has 1 heterocycles. The highest BCUT2D eigenvalue weighted by molar-refractivity contribution is 5.70. The summed E-state index contributed by atoms with van der Waals surface area (Å²) in [5.74, 6) is -0.799.